The van der Waals surface area contributed by atoms with Crippen molar-refractivity contribution in [1.29, 1.82) is 0 Å². The maximum absolute atomic E-state index is 12.4. The summed E-state index contributed by atoms with van der Waals surface area (Å²) in [6, 6.07) is 10.3. The number of nitrogens with zero attached hydrogens (tertiary/aromatic N) is 1. The fourth-order valence-corrected chi connectivity index (χ4v) is 3.01. The van der Waals surface area contributed by atoms with Crippen molar-refractivity contribution in [2.75, 3.05) is 13.6 Å². The third kappa shape index (κ3) is 2.27. The van der Waals surface area contributed by atoms with E-state index >= 15 is 0 Å². The van der Waals surface area contributed by atoms with E-state index in [1.807, 2.05) is 30.1 Å². The van der Waals surface area contributed by atoms with Crippen LogP contribution in [0.2, 0.25) is 0 Å². The van der Waals surface area contributed by atoms with E-state index in [0.29, 0.717) is 0 Å². The molecule has 0 aromatic heterocycles. The van der Waals surface area contributed by atoms with Crippen LogP contribution >= 0.6 is 0 Å². The molecule has 3 nitrogen and oxygen atoms in total. The molecule has 1 aliphatic carbocycles. The zero-order valence-corrected chi connectivity index (χ0v) is 10.8. The largest absolute Gasteiger partial charge is 0.337 e. The van der Waals surface area contributed by atoms with Gasteiger partial charge in [-0.05, 0) is 37.3 Å². The average Bonchev–Trinajstić information content (AvgIpc) is 3.14. The predicted octanol–water partition coefficient (Wildman–Crippen LogP) is 1.64. The maximum Gasteiger partial charge on any atom is 0.240 e. The maximum atomic E-state index is 12.4. The van der Waals surface area contributed by atoms with Crippen molar-refractivity contribution in [3.8, 4) is 0 Å². The van der Waals surface area contributed by atoms with Crippen LogP contribution in [-0.2, 0) is 11.3 Å². The van der Waals surface area contributed by atoms with Crippen molar-refractivity contribution < 1.29 is 4.79 Å². The Balaban J connectivity index is 1.75. The van der Waals surface area contributed by atoms with Gasteiger partial charge >= 0.3 is 0 Å². The van der Waals surface area contributed by atoms with Crippen molar-refractivity contribution in [2.45, 2.75) is 25.4 Å². The molecule has 1 heterocycles. The highest BCUT2D eigenvalue weighted by atomic mass is 16.2. The molecule has 0 spiro atoms. The summed E-state index contributed by atoms with van der Waals surface area (Å²) in [5.41, 5.74) is 1.22. The molecule has 2 aliphatic rings. The Morgan fingerprint density at radius 2 is 2.00 bits per heavy atom. The van der Waals surface area contributed by atoms with Gasteiger partial charge in [0.15, 0.2) is 0 Å². The second-order valence-electron chi connectivity index (χ2n) is 5.54. The van der Waals surface area contributed by atoms with Crippen LogP contribution in [0.1, 0.15) is 18.4 Å². The molecule has 3 unspecified atom stereocenters. The van der Waals surface area contributed by atoms with E-state index < -0.39 is 0 Å². The van der Waals surface area contributed by atoms with Crippen LogP contribution in [0.25, 0.3) is 0 Å². The van der Waals surface area contributed by atoms with Crippen LogP contribution in [0, 0.1) is 11.8 Å². The molecule has 2 fully saturated rings. The first-order valence-electron chi connectivity index (χ1n) is 6.78. The normalized spacial score (nSPS) is 30.8. The highest BCUT2D eigenvalue weighted by Crippen LogP contribution is 2.44. The summed E-state index contributed by atoms with van der Waals surface area (Å²) >= 11 is 0. The van der Waals surface area contributed by atoms with E-state index in [0.717, 1.165) is 31.3 Å². The minimum Gasteiger partial charge on any atom is -0.337 e. The van der Waals surface area contributed by atoms with E-state index in [1.165, 1.54) is 12.0 Å². The SMILES string of the molecule is CNC1CC2CC2CN(Cc2ccccc2)C1=O. The molecule has 96 valence electrons. The zero-order chi connectivity index (χ0) is 12.5. The molecule has 1 N–H and O–H groups in total. The number of benzene rings is 1. The van der Waals surface area contributed by atoms with E-state index in [-0.39, 0.29) is 11.9 Å². The van der Waals surface area contributed by atoms with Crippen LogP contribution in [0.5, 0.6) is 0 Å². The number of rotatable bonds is 3. The van der Waals surface area contributed by atoms with Crippen molar-refractivity contribution >= 4 is 5.91 Å². The smallest absolute Gasteiger partial charge is 0.240 e. The first-order chi connectivity index (χ1) is 8.78. The summed E-state index contributed by atoms with van der Waals surface area (Å²) in [6.07, 6.45) is 2.32. The number of fused-ring (bicyclic) bond motifs is 1. The molecule has 1 aromatic rings. The second kappa shape index (κ2) is 4.73. The standard InChI is InChI=1S/C15H20N2O/c1-16-14-8-12-7-13(12)10-17(15(14)18)9-11-5-3-2-4-6-11/h2-6,12-14,16H,7-10H2,1H3. The minimum atomic E-state index is 0.0196. The van der Waals surface area contributed by atoms with E-state index in [9.17, 15) is 4.79 Å². The van der Waals surface area contributed by atoms with Crippen molar-refractivity contribution in [2.24, 2.45) is 11.8 Å². The molecular formula is C15H20N2O. The summed E-state index contributed by atoms with van der Waals surface area (Å²) in [5, 5.41) is 3.18. The minimum absolute atomic E-state index is 0.0196. The molecule has 1 saturated heterocycles. The fraction of sp³-hybridized carbons (Fsp3) is 0.533. The van der Waals surface area contributed by atoms with Crippen molar-refractivity contribution in [3.05, 3.63) is 35.9 Å². The quantitative estimate of drug-likeness (QED) is 0.876. The van der Waals surface area contributed by atoms with Gasteiger partial charge in [0.1, 0.15) is 0 Å². The molecule has 3 rings (SSSR count). The Morgan fingerprint density at radius 1 is 1.22 bits per heavy atom. The third-order valence-corrected chi connectivity index (χ3v) is 4.24. The van der Waals surface area contributed by atoms with Crippen LogP contribution in [0.15, 0.2) is 30.3 Å². The summed E-state index contributed by atoms with van der Waals surface area (Å²) in [7, 11) is 1.89. The fourth-order valence-electron chi connectivity index (χ4n) is 3.01. The summed E-state index contributed by atoms with van der Waals surface area (Å²) in [5.74, 6) is 1.79. The Bertz CT molecular complexity index is 431. The van der Waals surface area contributed by atoms with Crippen molar-refractivity contribution in [1.82, 2.24) is 10.2 Å². The number of carbonyl (C=O) groups is 1. The molecule has 0 bridgehead atoms. The molecule has 18 heavy (non-hydrogen) atoms. The van der Waals surface area contributed by atoms with Gasteiger partial charge in [0.25, 0.3) is 0 Å². The lowest BCUT2D eigenvalue weighted by Crippen LogP contribution is -2.44. The highest BCUT2D eigenvalue weighted by Gasteiger charge is 2.45. The number of likely N-dealkylation sites (tertiary alicyclic amines) is 1. The molecular weight excluding hydrogens is 224 g/mol. The van der Waals surface area contributed by atoms with Gasteiger partial charge in [-0.15, -0.1) is 0 Å². The average molecular weight is 244 g/mol. The van der Waals surface area contributed by atoms with Gasteiger partial charge < -0.3 is 10.2 Å². The molecule has 0 radical (unpaired) electrons. The van der Waals surface area contributed by atoms with Crippen LogP contribution in [0.4, 0.5) is 0 Å². The van der Waals surface area contributed by atoms with Gasteiger partial charge in [-0.1, -0.05) is 30.3 Å². The molecule has 1 aromatic carbocycles. The Hall–Kier alpha value is -1.35. The van der Waals surface area contributed by atoms with Crippen LogP contribution in [0.3, 0.4) is 0 Å². The second-order valence-corrected chi connectivity index (χ2v) is 5.54. The van der Waals surface area contributed by atoms with Gasteiger partial charge in [-0.25, -0.2) is 0 Å². The molecule has 3 atom stereocenters. The van der Waals surface area contributed by atoms with Gasteiger partial charge in [-0.2, -0.15) is 0 Å². The van der Waals surface area contributed by atoms with Gasteiger partial charge in [0, 0.05) is 13.1 Å². The number of carbonyl (C=O) groups excluding carboxylic acids is 1. The zero-order valence-electron chi connectivity index (χ0n) is 10.8. The number of nitrogens with one attached hydrogen (secondary N) is 1. The summed E-state index contributed by atoms with van der Waals surface area (Å²) in [6.45, 7) is 1.69. The van der Waals surface area contributed by atoms with E-state index in [1.54, 1.807) is 0 Å². The first-order valence-corrected chi connectivity index (χ1v) is 6.78. The topological polar surface area (TPSA) is 32.3 Å². The number of amides is 1. The molecule has 3 heteroatoms. The van der Waals surface area contributed by atoms with Crippen LogP contribution < -0.4 is 5.32 Å². The lowest BCUT2D eigenvalue weighted by atomic mass is 10.1. The third-order valence-electron chi connectivity index (χ3n) is 4.24. The van der Waals surface area contributed by atoms with Crippen LogP contribution in [-0.4, -0.2) is 30.4 Å². The monoisotopic (exact) mass is 244 g/mol. The van der Waals surface area contributed by atoms with Gasteiger partial charge in [0.2, 0.25) is 5.91 Å². The Labute approximate surface area is 108 Å². The van der Waals surface area contributed by atoms with E-state index in [2.05, 4.69) is 17.4 Å². The molecule has 1 saturated carbocycles. The Kier molecular flexibility index (Phi) is 3.08. The van der Waals surface area contributed by atoms with Crippen molar-refractivity contribution in [3.63, 3.8) is 0 Å². The summed E-state index contributed by atoms with van der Waals surface area (Å²) in [4.78, 5) is 14.4. The lowest BCUT2D eigenvalue weighted by Gasteiger charge is -2.25. The Morgan fingerprint density at radius 3 is 2.72 bits per heavy atom. The summed E-state index contributed by atoms with van der Waals surface area (Å²) < 4.78 is 0. The lowest BCUT2D eigenvalue weighted by molar-refractivity contribution is -0.133. The number of hydrogen-bond donors (Lipinski definition) is 1. The van der Waals surface area contributed by atoms with E-state index in [4.69, 9.17) is 0 Å². The number of likely N-dealkylation sites (N-methyl/N-ethyl adjacent to an activating group) is 1. The molecule has 1 aliphatic heterocycles. The molecule has 1 amide bonds. The predicted molar refractivity (Wildman–Crippen MR) is 70.9 cm³/mol. The first kappa shape index (κ1) is 11.7. The van der Waals surface area contributed by atoms with Gasteiger partial charge in [-0.3, -0.25) is 4.79 Å². The number of hydrogen-bond acceptors (Lipinski definition) is 2. The highest BCUT2D eigenvalue weighted by molar-refractivity contribution is 5.82. The van der Waals surface area contributed by atoms with Gasteiger partial charge in [0.05, 0.1) is 6.04 Å².